The molecule has 3 aromatic rings. The molecule has 102 valence electrons. The molecule has 1 N–H and O–H groups in total. The number of nitrogens with one attached hydrogen (secondary N) is 1. The van der Waals surface area contributed by atoms with Gasteiger partial charge in [0.25, 0.3) is 0 Å². The maximum atomic E-state index is 4.19. The van der Waals surface area contributed by atoms with Crippen LogP contribution in [0.4, 0.5) is 0 Å². The number of aromatic nitrogens is 1. The fourth-order valence-electron chi connectivity index (χ4n) is 2.51. The fourth-order valence-corrected chi connectivity index (χ4v) is 3.40. The number of thiophene rings is 1. The fraction of sp³-hybridized carbons (Fsp3) is 0.235. The highest BCUT2D eigenvalue weighted by Gasteiger charge is 2.10. The van der Waals surface area contributed by atoms with Crippen molar-refractivity contribution in [1.82, 2.24) is 10.3 Å². The van der Waals surface area contributed by atoms with Crippen molar-refractivity contribution in [2.24, 2.45) is 0 Å². The van der Waals surface area contributed by atoms with E-state index >= 15 is 0 Å². The molecule has 1 aromatic carbocycles. The average molecular weight is 282 g/mol. The number of pyridine rings is 1. The summed E-state index contributed by atoms with van der Waals surface area (Å²) in [5, 5.41) is 8.30. The largest absolute Gasteiger partial charge is 0.305 e. The average Bonchev–Trinajstić information content (AvgIpc) is 3.02. The minimum atomic E-state index is 0.437. The normalized spacial score (nSPS) is 12.7. The maximum absolute atomic E-state index is 4.19. The van der Waals surface area contributed by atoms with E-state index in [1.807, 2.05) is 23.7 Å². The van der Waals surface area contributed by atoms with E-state index < -0.39 is 0 Å². The van der Waals surface area contributed by atoms with Gasteiger partial charge in [0.15, 0.2) is 0 Å². The lowest BCUT2D eigenvalue weighted by Gasteiger charge is -2.16. The van der Waals surface area contributed by atoms with Gasteiger partial charge in [-0.05, 0) is 34.9 Å². The molecule has 2 aromatic heterocycles. The number of hydrogen-bond acceptors (Lipinski definition) is 3. The van der Waals surface area contributed by atoms with Gasteiger partial charge in [-0.1, -0.05) is 31.2 Å². The first kappa shape index (κ1) is 13.3. The standard InChI is InChI=1S/C17H18N2S/c1-2-16(17-7-4-10-20-17)19-12-14-6-3-5-13-11-18-9-8-15(13)14/h3-11,16,19H,2,12H2,1H3. The molecule has 2 heterocycles. The minimum Gasteiger partial charge on any atom is -0.305 e. The molecule has 0 aliphatic rings. The third-order valence-electron chi connectivity index (χ3n) is 3.60. The van der Waals surface area contributed by atoms with Crippen LogP contribution in [0.25, 0.3) is 10.8 Å². The highest BCUT2D eigenvalue weighted by Crippen LogP contribution is 2.23. The van der Waals surface area contributed by atoms with E-state index in [-0.39, 0.29) is 0 Å². The molecule has 0 radical (unpaired) electrons. The van der Waals surface area contributed by atoms with Crippen molar-refractivity contribution in [3.63, 3.8) is 0 Å². The Bertz CT molecular complexity index is 671. The van der Waals surface area contributed by atoms with E-state index in [0.29, 0.717) is 6.04 Å². The Morgan fingerprint density at radius 1 is 1.20 bits per heavy atom. The van der Waals surface area contributed by atoms with Crippen LogP contribution in [0.3, 0.4) is 0 Å². The molecule has 3 rings (SSSR count). The second kappa shape index (κ2) is 6.16. The van der Waals surface area contributed by atoms with Gasteiger partial charge in [0.05, 0.1) is 0 Å². The van der Waals surface area contributed by atoms with Crippen molar-refractivity contribution in [2.75, 3.05) is 0 Å². The molecule has 0 fully saturated rings. The molecule has 2 nitrogen and oxygen atoms in total. The predicted octanol–water partition coefficient (Wildman–Crippen LogP) is 4.54. The van der Waals surface area contributed by atoms with Gasteiger partial charge in [-0.3, -0.25) is 4.98 Å². The Morgan fingerprint density at radius 2 is 2.15 bits per heavy atom. The van der Waals surface area contributed by atoms with Gasteiger partial charge < -0.3 is 5.32 Å². The minimum absolute atomic E-state index is 0.437. The molecule has 0 saturated carbocycles. The van der Waals surface area contributed by atoms with Gasteiger partial charge in [0, 0.05) is 35.2 Å². The molecule has 0 aliphatic heterocycles. The van der Waals surface area contributed by atoms with Gasteiger partial charge in [0.2, 0.25) is 0 Å². The van der Waals surface area contributed by atoms with Crippen LogP contribution in [0.2, 0.25) is 0 Å². The molecule has 0 spiro atoms. The van der Waals surface area contributed by atoms with Crippen LogP contribution < -0.4 is 5.32 Å². The molecule has 20 heavy (non-hydrogen) atoms. The van der Waals surface area contributed by atoms with E-state index in [1.165, 1.54) is 21.2 Å². The second-order valence-electron chi connectivity index (χ2n) is 4.87. The summed E-state index contributed by atoms with van der Waals surface area (Å²) >= 11 is 1.82. The van der Waals surface area contributed by atoms with Crippen LogP contribution in [-0.2, 0) is 6.54 Å². The summed E-state index contributed by atoms with van der Waals surface area (Å²) in [6.45, 7) is 3.11. The van der Waals surface area contributed by atoms with Gasteiger partial charge in [-0.25, -0.2) is 0 Å². The molecular weight excluding hydrogens is 264 g/mol. The maximum Gasteiger partial charge on any atom is 0.0414 e. The molecular formula is C17H18N2S. The van der Waals surface area contributed by atoms with Gasteiger partial charge >= 0.3 is 0 Å². The number of fused-ring (bicyclic) bond motifs is 1. The zero-order valence-corrected chi connectivity index (χ0v) is 12.4. The first-order valence-electron chi connectivity index (χ1n) is 6.97. The van der Waals surface area contributed by atoms with Crippen molar-refractivity contribution >= 4 is 22.1 Å². The molecule has 0 bridgehead atoms. The van der Waals surface area contributed by atoms with Gasteiger partial charge in [-0.2, -0.15) is 0 Å². The molecule has 0 aliphatic carbocycles. The van der Waals surface area contributed by atoms with Crippen molar-refractivity contribution in [3.05, 3.63) is 64.6 Å². The topological polar surface area (TPSA) is 24.9 Å². The van der Waals surface area contributed by atoms with Crippen LogP contribution >= 0.6 is 11.3 Å². The lowest BCUT2D eigenvalue weighted by atomic mass is 10.1. The summed E-state index contributed by atoms with van der Waals surface area (Å²) in [4.78, 5) is 5.60. The highest BCUT2D eigenvalue weighted by molar-refractivity contribution is 7.10. The van der Waals surface area contributed by atoms with Crippen molar-refractivity contribution in [3.8, 4) is 0 Å². The quantitative estimate of drug-likeness (QED) is 0.743. The molecule has 0 amide bonds. The third kappa shape index (κ3) is 2.74. The van der Waals surface area contributed by atoms with Crippen molar-refractivity contribution in [1.29, 1.82) is 0 Å². The Labute approximate surface area is 123 Å². The molecule has 3 heteroatoms. The number of nitrogens with zero attached hydrogens (tertiary/aromatic N) is 1. The monoisotopic (exact) mass is 282 g/mol. The summed E-state index contributed by atoms with van der Waals surface area (Å²) in [5.41, 5.74) is 1.33. The van der Waals surface area contributed by atoms with Gasteiger partial charge in [0.1, 0.15) is 0 Å². The zero-order valence-electron chi connectivity index (χ0n) is 11.5. The Kier molecular flexibility index (Phi) is 4.09. The van der Waals surface area contributed by atoms with Crippen LogP contribution in [-0.4, -0.2) is 4.98 Å². The van der Waals surface area contributed by atoms with Crippen LogP contribution in [0.15, 0.2) is 54.2 Å². The lowest BCUT2D eigenvalue weighted by Crippen LogP contribution is -2.19. The second-order valence-corrected chi connectivity index (χ2v) is 5.85. The van der Waals surface area contributed by atoms with Gasteiger partial charge in [-0.15, -0.1) is 11.3 Å². The van der Waals surface area contributed by atoms with Crippen molar-refractivity contribution in [2.45, 2.75) is 25.9 Å². The molecule has 0 saturated heterocycles. The Morgan fingerprint density at radius 3 is 2.95 bits per heavy atom. The molecule has 1 atom stereocenters. The number of benzene rings is 1. The summed E-state index contributed by atoms with van der Waals surface area (Å²) < 4.78 is 0. The van der Waals surface area contributed by atoms with E-state index in [1.54, 1.807) is 0 Å². The van der Waals surface area contributed by atoms with Crippen LogP contribution in [0, 0.1) is 0 Å². The lowest BCUT2D eigenvalue weighted by molar-refractivity contribution is 0.528. The Hall–Kier alpha value is -1.71. The van der Waals surface area contributed by atoms with Crippen LogP contribution in [0.1, 0.15) is 29.8 Å². The predicted molar refractivity (Wildman–Crippen MR) is 85.9 cm³/mol. The third-order valence-corrected chi connectivity index (χ3v) is 4.59. The van der Waals surface area contributed by atoms with E-state index in [4.69, 9.17) is 0 Å². The first-order valence-corrected chi connectivity index (χ1v) is 7.85. The summed E-state index contributed by atoms with van der Waals surface area (Å²) in [6, 6.07) is 13.3. The smallest absolute Gasteiger partial charge is 0.0414 e. The zero-order chi connectivity index (χ0) is 13.8. The van der Waals surface area contributed by atoms with Crippen molar-refractivity contribution < 1.29 is 0 Å². The summed E-state index contributed by atoms with van der Waals surface area (Å²) in [5.74, 6) is 0. The number of hydrogen-bond donors (Lipinski definition) is 1. The Balaban J connectivity index is 1.80. The SMILES string of the molecule is CCC(NCc1cccc2cnccc12)c1cccs1. The summed E-state index contributed by atoms with van der Waals surface area (Å²) in [6.07, 6.45) is 4.89. The first-order chi connectivity index (χ1) is 9.88. The molecule has 1 unspecified atom stereocenters. The van der Waals surface area contributed by atoms with E-state index in [9.17, 15) is 0 Å². The summed E-state index contributed by atoms with van der Waals surface area (Å²) in [7, 11) is 0. The highest BCUT2D eigenvalue weighted by atomic mass is 32.1. The number of rotatable bonds is 5. The van der Waals surface area contributed by atoms with E-state index in [2.05, 4.69) is 59.0 Å². The van der Waals surface area contributed by atoms with E-state index in [0.717, 1.165) is 13.0 Å². The van der Waals surface area contributed by atoms with Crippen LogP contribution in [0.5, 0.6) is 0 Å².